The summed E-state index contributed by atoms with van der Waals surface area (Å²) in [7, 11) is 0. The Morgan fingerprint density at radius 1 is 1.37 bits per heavy atom. The predicted molar refractivity (Wildman–Crippen MR) is 63.2 cm³/mol. The van der Waals surface area contributed by atoms with Gasteiger partial charge in [-0.2, -0.15) is 0 Å². The van der Waals surface area contributed by atoms with Crippen LogP contribution in [0.1, 0.15) is 23.7 Å². The number of benzene rings is 1. The van der Waals surface area contributed by atoms with Gasteiger partial charge in [-0.3, -0.25) is 9.59 Å². The average Bonchev–Trinajstić information content (AvgIpc) is 2.31. The van der Waals surface area contributed by atoms with Crippen LogP contribution in [0.15, 0.2) is 18.2 Å². The molecule has 0 aliphatic heterocycles. The molecule has 0 bridgehead atoms. The van der Waals surface area contributed by atoms with Crippen LogP contribution in [0.2, 0.25) is 0 Å². The van der Waals surface area contributed by atoms with E-state index in [-0.39, 0.29) is 17.9 Å². The zero-order valence-electron chi connectivity index (χ0n) is 10.1. The van der Waals surface area contributed by atoms with Crippen LogP contribution in [0.25, 0.3) is 0 Å². The Balaban J connectivity index is 2.76. The highest BCUT2D eigenvalue weighted by molar-refractivity contribution is 6.02. The maximum atomic E-state index is 13.4. The molecule has 0 unspecified atom stereocenters. The van der Waals surface area contributed by atoms with E-state index in [1.54, 1.807) is 6.92 Å². The third-order valence-corrected chi connectivity index (χ3v) is 2.10. The minimum atomic E-state index is -1.25. The third kappa shape index (κ3) is 4.38. The number of rotatable bonds is 5. The van der Waals surface area contributed by atoms with Gasteiger partial charge < -0.3 is 15.2 Å². The van der Waals surface area contributed by atoms with Crippen molar-refractivity contribution in [1.29, 1.82) is 0 Å². The molecule has 102 valence electrons. The standard InChI is InChI=1S/C12H12FNO5/c1-2-19-11(16)6-10(15)14-9-5-7(12(17)18)3-4-8(9)13/h3-5H,2,6H2,1H3,(H,14,15)(H,17,18). The largest absolute Gasteiger partial charge is 0.478 e. The molecule has 0 atom stereocenters. The van der Waals surface area contributed by atoms with Gasteiger partial charge in [0.1, 0.15) is 12.2 Å². The lowest BCUT2D eigenvalue weighted by Gasteiger charge is -2.07. The molecule has 6 nitrogen and oxygen atoms in total. The number of hydrogen-bond donors (Lipinski definition) is 2. The number of anilines is 1. The number of carboxylic acid groups (broad SMARTS) is 1. The Morgan fingerprint density at radius 2 is 2.05 bits per heavy atom. The van der Waals surface area contributed by atoms with Crippen LogP contribution < -0.4 is 5.32 Å². The zero-order valence-corrected chi connectivity index (χ0v) is 10.1. The number of esters is 1. The molecular formula is C12H12FNO5. The quantitative estimate of drug-likeness (QED) is 0.623. The van der Waals surface area contributed by atoms with Gasteiger partial charge in [0.05, 0.1) is 17.9 Å². The molecular weight excluding hydrogens is 257 g/mol. The minimum absolute atomic E-state index is 0.134. The van der Waals surface area contributed by atoms with E-state index in [9.17, 15) is 18.8 Å². The highest BCUT2D eigenvalue weighted by atomic mass is 19.1. The van der Waals surface area contributed by atoms with Gasteiger partial charge in [-0.15, -0.1) is 0 Å². The Hall–Kier alpha value is -2.44. The van der Waals surface area contributed by atoms with Crippen molar-refractivity contribution >= 4 is 23.5 Å². The van der Waals surface area contributed by atoms with Crippen LogP contribution in [0.3, 0.4) is 0 Å². The highest BCUT2D eigenvalue weighted by Gasteiger charge is 2.14. The lowest BCUT2D eigenvalue weighted by molar-refractivity contribution is -0.145. The summed E-state index contributed by atoms with van der Waals surface area (Å²) >= 11 is 0. The lowest BCUT2D eigenvalue weighted by atomic mass is 10.2. The maximum absolute atomic E-state index is 13.4. The summed E-state index contributed by atoms with van der Waals surface area (Å²) in [5.41, 5.74) is -0.470. The SMILES string of the molecule is CCOC(=O)CC(=O)Nc1cc(C(=O)O)ccc1F. The van der Waals surface area contributed by atoms with Gasteiger partial charge in [0.15, 0.2) is 0 Å². The number of carbonyl (C=O) groups excluding carboxylic acids is 2. The highest BCUT2D eigenvalue weighted by Crippen LogP contribution is 2.16. The van der Waals surface area contributed by atoms with Gasteiger partial charge in [-0.1, -0.05) is 0 Å². The molecule has 2 N–H and O–H groups in total. The minimum Gasteiger partial charge on any atom is -0.478 e. The van der Waals surface area contributed by atoms with Crippen molar-refractivity contribution in [2.24, 2.45) is 0 Å². The van der Waals surface area contributed by atoms with E-state index >= 15 is 0 Å². The molecule has 1 rings (SSSR count). The van der Waals surface area contributed by atoms with E-state index in [1.807, 2.05) is 0 Å². The van der Waals surface area contributed by atoms with Crippen LogP contribution in [-0.4, -0.2) is 29.6 Å². The normalized spacial score (nSPS) is 9.79. The van der Waals surface area contributed by atoms with E-state index in [0.29, 0.717) is 0 Å². The van der Waals surface area contributed by atoms with E-state index in [2.05, 4.69) is 10.1 Å². The van der Waals surface area contributed by atoms with Gasteiger partial charge in [0.2, 0.25) is 5.91 Å². The molecule has 0 heterocycles. The molecule has 0 saturated heterocycles. The predicted octanol–water partition coefficient (Wildman–Crippen LogP) is 1.42. The number of ether oxygens (including phenoxy) is 1. The monoisotopic (exact) mass is 269 g/mol. The summed E-state index contributed by atoms with van der Waals surface area (Å²) in [6.45, 7) is 1.72. The summed E-state index contributed by atoms with van der Waals surface area (Å²) in [6, 6.07) is 2.96. The summed E-state index contributed by atoms with van der Waals surface area (Å²) in [5.74, 6) is -3.56. The number of hydrogen-bond acceptors (Lipinski definition) is 4. The molecule has 0 saturated carbocycles. The molecule has 1 aromatic rings. The second-order valence-corrected chi connectivity index (χ2v) is 3.53. The molecule has 0 fully saturated rings. The van der Waals surface area contributed by atoms with Crippen molar-refractivity contribution in [2.75, 3.05) is 11.9 Å². The Labute approximate surface area is 108 Å². The Bertz CT molecular complexity index is 515. The van der Waals surface area contributed by atoms with Crippen molar-refractivity contribution in [3.8, 4) is 0 Å². The van der Waals surface area contributed by atoms with Gasteiger partial charge in [-0.05, 0) is 25.1 Å². The van der Waals surface area contributed by atoms with Crippen molar-refractivity contribution in [3.63, 3.8) is 0 Å². The average molecular weight is 269 g/mol. The van der Waals surface area contributed by atoms with Crippen molar-refractivity contribution in [3.05, 3.63) is 29.6 Å². The smallest absolute Gasteiger partial charge is 0.335 e. The Morgan fingerprint density at radius 3 is 2.63 bits per heavy atom. The van der Waals surface area contributed by atoms with Crippen LogP contribution >= 0.6 is 0 Å². The number of carbonyl (C=O) groups is 3. The fourth-order valence-corrected chi connectivity index (χ4v) is 1.29. The summed E-state index contributed by atoms with van der Waals surface area (Å²) in [5, 5.41) is 10.9. The van der Waals surface area contributed by atoms with Crippen LogP contribution in [0, 0.1) is 5.82 Å². The first-order valence-electron chi connectivity index (χ1n) is 5.42. The van der Waals surface area contributed by atoms with Gasteiger partial charge in [-0.25, -0.2) is 9.18 Å². The maximum Gasteiger partial charge on any atom is 0.335 e. The number of nitrogens with one attached hydrogen (secondary N) is 1. The van der Waals surface area contributed by atoms with Crippen molar-refractivity contribution in [1.82, 2.24) is 0 Å². The van der Waals surface area contributed by atoms with Crippen LogP contribution in [-0.2, 0) is 14.3 Å². The van der Waals surface area contributed by atoms with E-state index < -0.39 is 30.1 Å². The molecule has 1 amide bonds. The molecule has 1 aromatic carbocycles. The van der Waals surface area contributed by atoms with Gasteiger partial charge in [0.25, 0.3) is 0 Å². The molecule has 0 aliphatic carbocycles. The molecule has 0 spiro atoms. The second kappa shape index (κ2) is 6.48. The molecule has 19 heavy (non-hydrogen) atoms. The topological polar surface area (TPSA) is 92.7 Å². The molecule has 0 aliphatic rings. The number of aromatic carboxylic acids is 1. The van der Waals surface area contributed by atoms with Crippen LogP contribution in [0.4, 0.5) is 10.1 Å². The summed E-state index contributed by atoms with van der Waals surface area (Å²) in [4.78, 5) is 33.1. The third-order valence-electron chi connectivity index (χ3n) is 2.10. The van der Waals surface area contributed by atoms with Gasteiger partial charge >= 0.3 is 11.9 Å². The number of carboxylic acids is 1. The summed E-state index contributed by atoms with van der Waals surface area (Å²) in [6.07, 6.45) is -0.565. The van der Waals surface area contributed by atoms with Crippen LogP contribution in [0.5, 0.6) is 0 Å². The Kier molecular flexibility index (Phi) is 4.99. The number of amides is 1. The molecule has 0 radical (unpaired) electrons. The first kappa shape index (κ1) is 14.6. The molecule has 0 aromatic heterocycles. The van der Waals surface area contributed by atoms with Crippen molar-refractivity contribution < 1.29 is 28.6 Å². The van der Waals surface area contributed by atoms with E-state index in [4.69, 9.17) is 5.11 Å². The van der Waals surface area contributed by atoms with E-state index in [0.717, 1.165) is 18.2 Å². The lowest BCUT2D eigenvalue weighted by Crippen LogP contribution is -2.19. The van der Waals surface area contributed by atoms with Crippen molar-refractivity contribution in [2.45, 2.75) is 13.3 Å². The fraction of sp³-hybridized carbons (Fsp3) is 0.250. The summed E-state index contributed by atoms with van der Waals surface area (Å²) < 4.78 is 17.9. The number of halogens is 1. The first-order chi connectivity index (χ1) is 8.93. The second-order valence-electron chi connectivity index (χ2n) is 3.53. The van der Waals surface area contributed by atoms with Gasteiger partial charge in [0, 0.05) is 0 Å². The first-order valence-corrected chi connectivity index (χ1v) is 5.42. The fourth-order valence-electron chi connectivity index (χ4n) is 1.29. The van der Waals surface area contributed by atoms with E-state index in [1.165, 1.54) is 0 Å². The zero-order chi connectivity index (χ0) is 14.4. The molecule has 7 heteroatoms.